The summed E-state index contributed by atoms with van der Waals surface area (Å²) in [6.45, 7) is 12.4. The van der Waals surface area contributed by atoms with Crippen LogP contribution in [0, 0.1) is 5.41 Å². The number of Topliss-reactive ketones (excluding diaryl/α,β-unsaturated/α-hetero) is 1. The Kier molecular flexibility index (Phi) is 3.89. The van der Waals surface area contributed by atoms with E-state index in [9.17, 15) is 4.79 Å². The molecule has 0 fully saturated rings. The zero-order chi connectivity index (χ0) is 14.1. The molecule has 0 atom stereocenters. The van der Waals surface area contributed by atoms with Crippen molar-refractivity contribution in [2.75, 3.05) is 11.9 Å². The minimum atomic E-state index is -0.322. The highest BCUT2D eigenvalue weighted by molar-refractivity contribution is 6.00. The average molecular weight is 247 g/mol. The second-order valence-electron chi connectivity index (χ2n) is 6.86. The lowest BCUT2D eigenvalue weighted by Crippen LogP contribution is -2.38. The van der Waals surface area contributed by atoms with E-state index in [0.717, 1.165) is 11.3 Å². The molecule has 0 aliphatic carbocycles. The fourth-order valence-electron chi connectivity index (χ4n) is 1.66. The number of benzene rings is 1. The van der Waals surface area contributed by atoms with E-state index in [4.69, 9.17) is 0 Å². The average Bonchev–Trinajstić information content (AvgIpc) is 2.25. The van der Waals surface area contributed by atoms with Gasteiger partial charge in [-0.3, -0.25) is 4.79 Å². The molecule has 0 unspecified atom stereocenters. The Labute approximate surface area is 111 Å². The molecule has 1 aromatic rings. The van der Waals surface area contributed by atoms with Gasteiger partial charge in [0.1, 0.15) is 0 Å². The van der Waals surface area contributed by atoms with Gasteiger partial charge < -0.3 is 4.90 Å². The number of carbonyl (C=O) groups excluding carboxylic acids is 1. The van der Waals surface area contributed by atoms with Crippen molar-refractivity contribution in [1.29, 1.82) is 0 Å². The van der Waals surface area contributed by atoms with Crippen LogP contribution in [0.15, 0.2) is 24.3 Å². The quantitative estimate of drug-likeness (QED) is 0.732. The number of ketones is 1. The molecule has 1 aromatic carbocycles. The Bertz CT molecular complexity index is 418. The summed E-state index contributed by atoms with van der Waals surface area (Å²) < 4.78 is 0. The topological polar surface area (TPSA) is 20.3 Å². The molecule has 2 nitrogen and oxygen atoms in total. The van der Waals surface area contributed by atoms with Crippen LogP contribution in [0.1, 0.15) is 51.9 Å². The van der Waals surface area contributed by atoms with Gasteiger partial charge in [-0.15, -0.1) is 0 Å². The third-order valence-electron chi connectivity index (χ3n) is 3.20. The van der Waals surface area contributed by atoms with Crippen LogP contribution in [0.4, 0.5) is 5.69 Å². The number of hydrogen-bond donors (Lipinski definition) is 0. The highest BCUT2D eigenvalue weighted by Gasteiger charge is 2.23. The first kappa shape index (κ1) is 14.7. The third kappa shape index (κ3) is 3.34. The maximum Gasteiger partial charge on any atom is 0.168 e. The summed E-state index contributed by atoms with van der Waals surface area (Å²) in [5, 5.41) is 0. The van der Waals surface area contributed by atoms with Crippen LogP contribution in [-0.4, -0.2) is 18.4 Å². The summed E-state index contributed by atoms with van der Waals surface area (Å²) in [5.41, 5.74) is 1.68. The van der Waals surface area contributed by atoms with Gasteiger partial charge in [-0.2, -0.15) is 0 Å². The summed E-state index contributed by atoms with van der Waals surface area (Å²) in [7, 11) is 2.07. The van der Waals surface area contributed by atoms with Crippen molar-refractivity contribution >= 4 is 11.5 Å². The molecular formula is C16H25NO. The first-order valence-electron chi connectivity index (χ1n) is 6.42. The van der Waals surface area contributed by atoms with Gasteiger partial charge in [0.25, 0.3) is 0 Å². The normalized spacial score (nSPS) is 12.4. The fourth-order valence-corrected chi connectivity index (χ4v) is 1.66. The van der Waals surface area contributed by atoms with Crippen LogP contribution >= 0.6 is 0 Å². The lowest BCUT2D eigenvalue weighted by atomic mass is 9.86. The maximum atomic E-state index is 12.1. The molecule has 1 rings (SSSR count). The molecule has 0 aliphatic heterocycles. The van der Waals surface area contributed by atoms with Crippen LogP contribution in [0.25, 0.3) is 0 Å². The molecule has 0 amide bonds. The van der Waals surface area contributed by atoms with Gasteiger partial charge in [0.2, 0.25) is 0 Å². The molecule has 0 saturated heterocycles. The van der Waals surface area contributed by atoms with Crippen molar-refractivity contribution in [3.63, 3.8) is 0 Å². The predicted octanol–water partition coefficient (Wildman–Crippen LogP) is 4.15. The molecular weight excluding hydrogens is 222 g/mol. The van der Waals surface area contributed by atoms with Crippen LogP contribution in [0.2, 0.25) is 0 Å². The molecule has 0 radical (unpaired) electrons. The van der Waals surface area contributed by atoms with Crippen molar-refractivity contribution in [3.05, 3.63) is 29.8 Å². The molecule has 0 aromatic heterocycles. The summed E-state index contributed by atoms with van der Waals surface area (Å²) in [4.78, 5) is 14.3. The molecule has 0 N–H and O–H groups in total. The molecule has 0 spiro atoms. The number of rotatable bonds is 2. The standard InChI is InChI=1S/C16H25NO/c1-15(2,3)14(18)12-8-10-13(11-9-12)17(7)16(4,5)6/h8-11H,1-7H3. The van der Waals surface area contributed by atoms with Gasteiger partial charge in [0.05, 0.1) is 0 Å². The zero-order valence-corrected chi connectivity index (χ0v) is 12.7. The maximum absolute atomic E-state index is 12.1. The highest BCUT2D eigenvalue weighted by Crippen LogP contribution is 2.25. The summed E-state index contributed by atoms with van der Waals surface area (Å²) in [6, 6.07) is 7.88. The van der Waals surface area contributed by atoms with Gasteiger partial charge >= 0.3 is 0 Å². The van der Waals surface area contributed by atoms with E-state index in [2.05, 4.69) is 32.7 Å². The van der Waals surface area contributed by atoms with E-state index in [-0.39, 0.29) is 16.7 Å². The smallest absolute Gasteiger partial charge is 0.168 e. The van der Waals surface area contributed by atoms with E-state index in [1.807, 2.05) is 45.0 Å². The van der Waals surface area contributed by atoms with Crippen molar-refractivity contribution in [2.45, 2.75) is 47.1 Å². The highest BCUT2D eigenvalue weighted by atomic mass is 16.1. The van der Waals surface area contributed by atoms with Crippen LogP contribution in [0.5, 0.6) is 0 Å². The molecule has 18 heavy (non-hydrogen) atoms. The molecule has 2 heteroatoms. The van der Waals surface area contributed by atoms with Crippen LogP contribution < -0.4 is 4.90 Å². The predicted molar refractivity (Wildman–Crippen MR) is 78.4 cm³/mol. The van der Waals surface area contributed by atoms with E-state index in [0.29, 0.717) is 0 Å². The molecule has 0 aliphatic rings. The summed E-state index contributed by atoms with van der Waals surface area (Å²) >= 11 is 0. The molecule has 100 valence electrons. The minimum absolute atomic E-state index is 0.0789. The van der Waals surface area contributed by atoms with Gasteiger partial charge in [-0.1, -0.05) is 20.8 Å². The summed E-state index contributed by atoms with van der Waals surface area (Å²) in [5.74, 6) is 0.187. The van der Waals surface area contributed by atoms with E-state index in [1.165, 1.54) is 0 Å². The second-order valence-corrected chi connectivity index (χ2v) is 6.86. The zero-order valence-electron chi connectivity index (χ0n) is 12.7. The van der Waals surface area contributed by atoms with Crippen molar-refractivity contribution < 1.29 is 4.79 Å². The lowest BCUT2D eigenvalue weighted by molar-refractivity contribution is 0.0858. The van der Waals surface area contributed by atoms with Crippen LogP contribution in [0.3, 0.4) is 0 Å². The number of nitrogens with zero attached hydrogens (tertiary/aromatic N) is 1. The van der Waals surface area contributed by atoms with Crippen molar-refractivity contribution in [2.24, 2.45) is 5.41 Å². The van der Waals surface area contributed by atoms with Gasteiger partial charge in [0.15, 0.2) is 5.78 Å². The van der Waals surface area contributed by atoms with E-state index < -0.39 is 0 Å². The first-order valence-corrected chi connectivity index (χ1v) is 6.42. The van der Waals surface area contributed by atoms with E-state index in [1.54, 1.807) is 0 Å². The van der Waals surface area contributed by atoms with Crippen molar-refractivity contribution in [3.8, 4) is 0 Å². The van der Waals surface area contributed by atoms with Gasteiger partial charge in [-0.25, -0.2) is 0 Å². The Morgan fingerprint density at radius 2 is 1.39 bits per heavy atom. The van der Waals surface area contributed by atoms with Gasteiger partial charge in [0, 0.05) is 29.3 Å². The molecule has 0 saturated carbocycles. The third-order valence-corrected chi connectivity index (χ3v) is 3.20. The van der Waals surface area contributed by atoms with Crippen molar-refractivity contribution in [1.82, 2.24) is 0 Å². The van der Waals surface area contributed by atoms with Crippen LogP contribution in [-0.2, 0) is 0 Å². The largest absolute Gasteiger partial charge is 0.370 e. The van der Waals surface area contributed by atoms with E-state index >= 15 is 0 Å². The lowest BCUT2D eigenvalue weighted by Gasteiger charge is -2.34. The number of hydrogen-bond acceptors (Lipinski definition) is 2. The Morgan fingerprint density at radius 3 is 1.72 bits per heavy atom. The number of anilines is 1. The monoisotopic (exact) mass is 247 g/mol. The minimum Gasteiger partial charge on any atom is -0.370 e. The molecule has 0 bridgehead atoms. The fraction of sp³-hybridized carbons (Fsp3) is 0.562. The first-order chi connectivity index (χ1) is 8.03. The summed E-state index contributed by atoms with van der Waals surface area (Å²) in [6.07, 6.45) is 0. The Balaban J connectivity index is 2.98. The van der Waals surface area contributed by atoms with Gasteiger partial charge in [-0.05, 0) is 45.0 Å². The Morgan fingerprint density at radius 1 is 0.944 bits per heavy atom. The SMILES string of the molecule is CN(c1ccc(C(=O)C(C)(C)C)cc1)C(C)(C)C. The second kappa shape index (κ2) is 4.75. The number of carbonyl (C=O) groups is 1. The molecule has 0 heterocycles. The Hall–Kier alpha value is -1.31.